The van der Waals surface area contributed by atoms with E-state index in [4.69, 9.17) is 10.5 Å². The third-order valence-electron chi connectivity index (χ3n) is 4.47. The van der Waals surface area contributed by atoms with E-state index >= 15 is 0 Å². The molecule has 0 aliphatic rings. The van der Waals surface area contributed by atoms with Gasteiger partial charge in [0.15, 0.2) is 5.82 Å². The Labute approximate surface area is 188 Å². The molecule has 0 aliphatic carbocycles. The fourth-order valence-corrected chi connectivity index (χ4v) is 2.99. The number of carbonyl (C=O) groups is 1. The minimum Gasteiger partial charge on any atom is -0.457 e. The molecule has 2 N–H and O–H groups in total. The van der Waals surface area contributed by atoms with Crippen molar-refractivity contribution in [3.05, 3.63) is 54.4 Å². The lowest BCUT2D eigenvalue weighted by atomic mass is 10.2. The quantitative estimate of drug-likeness (QED) is 0.524. The van der Waals surface area contributed by atoms with Crippen LogP contribution in [0.1, 0.15) is 31.4 Å². The van der Waals surface area contributed by atoms with Crippen LogP contribution in [0.5, 0.6) is 17.2 Å². The fraction of sp³-hybridized carbons (Fsp3) is 0.273. The van der Waals surface area contributed by atoms with Gasteiger partial charge in [0.1, 0.15) is 17.2 Å². The molecule has 0 atom stereocenters. The monoisotopic (exact) mass is 461 g/mol. The first-order valence-corrected chi connectivity index (χ1v) is 10.0. The molecule has 33 heavy (non-hydrogen) atoms. The van der Waals surface area contributed by atoms with Gasteiger partial charge in [-0.15, -0.1) is 13.2 Å². The predicted octanol–water partition coefficient (Wildman–Crippen LogP) is 4.56. The maximum Gasteiger partial charge on any atom is 0.573 e. The average molecular weight is 461 g/mol. The van der Waals surface area contributed by atoms with Crippen LogP contribution in [-0.4, -0.2) is 39.8 Å². The van der Waals surface area contributed by atoms with Crippen LogP contribution in [0, 0.1) is 0 Å². The topological polar surface area (TPSA) is 103 Å². The molecule has 0 bridgehead atoms. The molecule has 1 heterocycles. The number of amides is 1. The summed E-state index contributed by atoms with van der Waals surface area (Å²) in [5.41, 5.74) is 6.00. The number of alkyl halides is 3. The molecule has 3 rings (SSSR count). The van der Waals surface area contributed by atoms with Crippen LogP contribution in [0.15, 0.2) is 48.5 Å². The summed E-state index contributed by atoms with van der Waals surface area (Å²) in [6.45, 7) is 6.52. The molecule has 0 spiro atoms. The highest BCUT2D eigenvalue weighted by Gasteiger charge is 2.31. The molecule has 174 valence electrons. The molecule has 0 aliphatic heterocycles. The molecule has 1 amide bonds. The molecular formula is C22H22F3N5O3. The van der Waals surface area contributed by atoms with E-state index in [2.05, 4.69) is 19.7 Å². The SMILES string of the molecule is CCN(c1nc(C(N)=O)nc(-c2ccc(Oc3ccc(OC(F)(F)F)cc3)cc2)n1)C(C)C. The van der Waals surface area contributed by atoms with Gasteiger partial charge in [-0.2, -0.15) is 9.97 Å². The number of aromatic nitrogens is 3. The molecular weight excluding hydrogens is 439 g/mol. The van der Waals surface area contributed by atoms with Crippen molar-refractivity contribution in [2.24, 2.45) is 5.73 Å². The first kappa shape index (κ1) is 23.8. The summed E-state index contributed by atoms with van der Waals surface area (Å²) >= 11 is 0. The van der Waals surface area contributed by atoms with E-state index in [1.807, 2.05) is 25.7 Å². The smallest absolute Gasteiger partial charge is 0.457 e. The molecule has 0 radical (unpaired) electrons. The Morgan fingerprint density at radius 2 is 1.52 bits per heavy atom. The van der Waals surface area contributed by atoms with Crippen LogP contribution in [0.2, 0.25) is 0 Å². The Morgan fingerprint density at radius 3 is 2.00 bits per heavy atom. The predicted molar refractivity (Wildman–Crippen MR) is 115 cm³/mol. The van der Waals surface area contributed by atoms with Crippen molar-refractivity contribution in [1.29, 1.82) is 0 Å². The number of benzene rings is 2. The van der Waals surface area contributed by atoms with Gasteiger partial charge in [-0.1, -0.05) is 0 Å². The number of anilines is 1. The summed E-state index contributed by atoms with van der Waals surface area (Å²) in [4.78, 5) is 26.5. The van der Waals surface area contributed by atoms with Crippen LogP contribution in [0.4, 0.5) is 19.1 Å². The van der Waals surface area contributed by atoms with Crippen molar-refractivity contribution in [2.75, 3.05) is 11.4 Å². The van der Waals surface area contributed by atoms with Gasteiger partial charge in [0.05, 0.1) is 0 Å². The van der Waals surface area contributed by atoms with Gasteiger partial charge in [-0.3, -0.25) is 4.79 Å². The Hall–Kier alpha value is -3.89. The molecule has 8 nitrogen and oxygen atoms in total. The van der Waals surface area contributed by atoms with Gasteiger partial charge in [0.2, 0.25) is 11.8 Å². The van der Waals surface area contributed by atoms with Crippen LogP contribution in [0.3, 0.4) is 0 Å². The zero-order valence-corrected chi connectivity index (χ0v) is 18.1. The van der Waals surface area contributed by atoms with Crippen molar-refractivity contribution < 1.29 is 27.4 Å². The number of nitrogens with zero attached hydrogens (tertiary/aromatic N) is 4. The lowest BCUT2D eigenvalue weighted by Gasteiger charge is -2.25. The highest BCUT2D eigenvalue weighted by molar-refractivity contribution is 5.89. The zero-order chi connectivity index (χ0) is 24.2. The lowest BCUT2D eigenvalue weighted by molar-refractivity contribution is -0.274. The second-order valence-corrected chi connectivity index (χ2v) is 7.17. The Morgan fingerprint density at radius 1 is 0.970 bits per heavy atom. The number of primary amides is 1. The van der Waals surface area contributed by atoms with E-state index in [0.29, 0.717) is 29.6 Å². The van der Waals surface area contributed by atoms with E-state index in [1.54, 1.807) is 24.3 Å². The zero-order valence-electron chi connectivity index (χ0n) is 18.1. The van der Waals surface area contributed by atoms with E-state index in [9.17, 15) is 18.0 Å². The maximum absolute atomic E-state index is 12.3. The van der Waals surface area contributed by atoms with Crippen LogP contribution < -0.4 is 20.1 Å². The summed E-state index contributed by atoms with van der Waals surface area (Å²) in [5, 5.41) is 0. The Bertz CT molecular complexity index is 1100. The fourth-order valence-electron chi connectivity index (χ4n) is 2.99. The first-order chi connectivity index (χ1) is 15.6. The first-order valence-electron chi connectivity index (χ1n) is 10.0. The standard InChI is InChI=1S/C22H22F3N5O3/c1-4-30(13(2)3)21-28-19(27-20(29-21)18(26)31)14-5-7-15(8-6-14)32-16-9-11-17(12-10-16)33-22(23,24)25/h5-13H,4H2,1-3H3,(H2,26,31). The number of rotatable bonds is 8. The Balaban J connectivity index is 1.82. The Kier molecular flexibility index (Phi) is 7.00. The second kappa shape index (κ2) is 9.72. The maximum atomic E-state index is 12.3. The normalized spacial score (nSPS) is 11.4. The number of hydrogen-bond donors (Lipinski definition) is 1. The van der Waals surface area contributed by atoms with Crippen LogP contribution in [-0.2, 0) is 0 Å². The second-order valence-electron chi connectivity index (χ2n) is 7.17. The number of hydrogen-bond acceptors (Lipinski definition) is 7. The molecule has 0 fully saturated rings. The van der Waals surface area contributed by atoms with Crippen molar-refractivity contribution in [2.45, 2.75) is 33.2 Å². The van der Waals surface area contributed by atoms with Crippen molar-refractivity contribution >= 4 is 11.9 Å². The van der Waals surface area contributed by atoms with E-state index in [-0.39, 0.29) is 23.4 Å². The largest absolute Gasteiger partial charge is 0.573 e. The summed E-state index contributed by atoms with van der Waals surface area (Å²) < 4.78 is 46.3. The summed E-state index contributed by atoms with van der Waals surface area (Å²) in [6.07, 6.45) is -4.76. The van der Waals surface area contributed by atoms with Gasteiger partial charge in [-0.05, 0) is 69.3 Å². The number of halogens is 3. The van der Waals surface area contributed by atoms with Crippen molar-refractivity contribution in [1.82, 2.24) is 15.0 Å². The highest BCUT2D eigenvalue weighted by atomic mass is 19.4. The molecule has 11 heteroatoms. The van der Waals surface area contributed by atoms with Crippen molar-refractivity contribution in [3.8, 4) is 28.6 Å². The minimum absolute atomic E-state index is 0.0923. The van der Waals surface area contributed by atoms with Crippen LogP contribution >= 0.6 is 0 Å². The average Bonchev–Trinajstić information content (AvgIpc) is 2.74. The molecule has 0 saturated carbocycles. The number of ether oxygens (including phenoxy) is 2. The molecule has 2 aromatic carbocycles. The van der Waals surface area contributed by atoms with E-state index in [1.165, 1.54) is 12.1 Å². The lowest BCUT2D eigenvalue weighted by Crippen LogP contribution is -2.33. The van der Waals surface area contributed by atoms with Gasteiger partial charge < -0.3 is 20.1 Å². The summed E-state index contributed by atoms with van der Waals surface area (Å²) in [6, 6.07) is 11.8. The van der Waals surface area contributed by atoms with E-state index < -0.39 is 12.3 Å². The molecule has 0 saturated heterocycles. The van der Waals surface area contributed by atoms with Gasteiger partial charge in [-0.25, -0.2) is 4.98 Å². The van der Waals surface area contributed by atoms with E-state index in [0.717, 1.165) is 12.1 Å². The van der Waals surface area contributed by atoms with Crippen molar-refractivity contribution in [3.63, 3.8) is 0 Å². The number of nitrogens with two attached hydrogens (primary N) is 1. The third-order valence-corrected chi connectivity index (χ3v) is 4.47. The van der Waals surface area contributed by atoms with Crippen LogP contribution in [0.25, 0.3) is 11.4 Å². The molecule has 1 aromatic heterocycles. The third kappa shape index (κ3) is 6.31. The minimum atomic E-state index is -4.76. The highest BCUT2D eigenvalue weighted by Crippen LogP contribution is 2.28. The molecule has 3 aromatic rings. The summed E-state index contributed by atoms with van der Waals surface area (Å²) in [5.74, 6) is 0.119. The van der Waals surface area contributed by atoms with Gasteiger partial charge in [0.25, 0.3) is 5.91 Å². The number of carbonyl (C=O) groups excluding carboxylic acids is 1. The van der Waals surface area contributed by atoms with Gasteiger partial charge in [0, 0.05) is 18.2 Å². The molecule has 0 unspecified atom stereocenters. The summed E-state index contributed by atoms with van der Waals surface area (Å²) in [7, 11) is 0. The van der Waals surface area contributed by atoms with Gasteiger partial charge >= 0.3 is 6.36 Å².